The third-order valence-corrected chi connectivity index (χ3v) is 2.97. The lowest BCUT2D eigenvalue weighted by Gasteiger charge is -2.12. The van der Waals surface area contributed by atoms with Gasteiger partial charge in [-0.1, -0.05) is 12.1 Å². The van der Waals surface area contributed by atoms with Gasteiger partial charge in [0.1, 0.15) is 0 Å². The van der Waals surface area contributed by atoms with Gasteiger partial charge in [-0.05, 0) is 31.0 Å². The molecule has 3 nitrogen and oxygen atoms in total. The number of nitrogens with zero attached hydrogens (tertiary/aromatic N) is 1. The van der Waals surface area contributed by atoms with E-state index in [-0.39, 0.29) is 18.4 Å². The minimum atomic E-state index is -4.48. The Labute approximate surface area is 113 Å². The molecule has 0 fully saturated rings. The number of pyridine rings is 1. The molecular weight excluding hydrogens is 271 g/mol. The van der Waals surface area contributed by atoms with Crippen LogP contribution in [0.4, 0.5) is 13.2 Å². The highest BCUT2D eigenvalue weighted by atomic mass is 19.4. The first-order chi connectivity index (χ1) is 9.29. The molecule has 0 amide bonds. The lowest BCUT2D eigenvalue weighted by atomic mass is 10.0. The largest absolute Gasteiger partial charge is 0.481 e. The van der Waals surface area contributed by atoms with Crippen molar-refractivity contribution < 1.29 is 23.1 Å². The fourth-order valence-corrected chi connectivity index (χ4v) is 2.14. The molecule has 0 unspecified atom stereocenters. The van der Waals surface area contributed by atoms with Gasteiger partial charge >= 0.3 is 12.1 Å². The normalized spacial score (nSPS) is 11.8. The zero-order valence-electron chi connectivity index (χ0n) is 10.7. The molecule has 0 aliphatic rings. The third kappa shape index (κ3) is 2.89. The Morgan fingerprint density at radius 1 is 1.35 bits per heavy atom. The number of aromatic nitrogens is 1. The molecule has 2 rings (SSSR count). The number of aliphatic carboxylic acids is 1. The summed E-state index contributed by atoms with van der Waals surface area (Å²) in [5.41, 5.74) is 0.0891. The van der Waals surface area contributed by atoms with Gasteiger partial charge in [-0.2, -0.15) is 13.2 Å². The van der Waals surface area contributed by atoms with Crippen LogP contribution in [0, 0.1) is 6.92 Å². The van der Waals surface area contributed by atoms with Crippen molar-refractivity contribution in [1.29, 1.82) is 0 Å². The van der Waals surface area contributed by atoms with Crippen molar-refractivity contribution in [3.05, 3.63) is 41.1 Å². The number of fused-ring (bicyclic) bond motifs is 1. The van der Waals surface area contributed by atoms with Crippen LogP contribution in [0.3, 0.4) is 0 Å². The molecule has 0 aliphatic carbocycles. The van der Waals surface area contributed by atoms with Gasteiger partial charge in [0.15, 0.2) is 0 Å². The Morgan fingerprint density at radius 2 is 2.05 bits per heavy atom. The molecule has 0 bridgehead atoms. The molecule has 106 valence electrons. The van der Waals surface area contributed by atoms with E-state index in [2.05, 4.69) is 4.98 Å². The molecule has 0 aliphatic heterocycles. The topological polar surface area (TPSA) is 50.2 Å². The van der Waals surface area contributed by atoms with Gasteiger partial charge in [0.05, 0.1) is 11.1 Å². The fourth-order valence-electron chi connectivity index (χ4n) is 2.14. The number of benzene rings is 1. The van der Waals surface area contributed by atoms with Gasteiger partial charge in [-0.3, -0.25) is 9.78 Å². The second kappa shape index (κ2) is 5.11. The number of hydrogen-bond acceptors (Lipinski definition) is 2. The predicted octanol–water partition coefficient (Wildman–Crippen LogP) is 3.58. The number of carboxylic acids is 1. The predicted molar refractivity (Wildman–Crippen MR) is 67.4 cm³/mol. The molecular formula is C14H12F3NO2. The molecule has 1 heterocycles. The van der Waals surface area contributed by atoms with Crippen LogP contribution in [0.25, 0.3) is 10.9 Å². The molecule has 20 heavy (non-hydrogen) atoms. The average molecular weight is 283 g/mol. The maximum absolute atomic E-state index is 13.0. The van der Waals surface area contributed by atoms with Crippen LogP contribution in [0.15, 0.2) is 24.3 Å². The number of hydrogen-bond donors (Lipinski definition) is 1. The van der Waals surface area contributed by atoms with Crippen LogP contribution < -0.4 is 0 Å². The van der Waals surface area contributed by atoms with E-state index in [0.29, 0.717) is 16.6 Å². The summed E-state index contributed by atoms with van der Waals surface area (Å²) in [7, 11) is 0. The van der Waals surface area contributed by atoms with E-state index in [1.807, 2.05) is 0 Å². The zero-order chi connectivity index (χ0) is 14.9. The summed E-state index contributed by atoms with van der Waals surface area (Å²) >= 11 is 0. The van der Waals surface area contributed by atoms with Crippen LogP contribution in [0.1, 0.15) is 23.2 Å². The standard InChI is InChI=1S/C14H12F3NO2/c1-8-7-9(5-6-12(19)20)10-3-2-4-11(13(10)18-8)14(15,16)17/h2-4,7H,5-6H2,1H3,(H,19,20). The minimum absolute atomic E-state index is 0.125. The van der Waals surface area contributed by atoms with E-state index in [0.717, 1.165) is 6.07 Å². The first-order valence-corrected chi connectivity index (χ1v) is 5.97. The summed E-state index contributed by atoms with van der Waals surface area (Å²) in [4.78, 5) is 14.6. The monoisotopic (exact) mass is 283 g/mol. The van der Waals surface area contributed by atoms with Gasteiger partial charge in [0.2, 0.25) is 0 Å². The molecule has 0 saturated carbocycles. The summed E-state index contributed by atoms with van der Waals surface area (Å²) in [5, 5.41) is 9.06. The summed E-state index contributed by atoms with van der Waals surface area (Å²) in [6, 6.07) is 5.46. The Balaban J connectivity index is 2.63. The van der Waals surface area contributed by atoms with E-state index in [1.165, 1.54) is 12.1 Å². The number of rotatable bonds is 3. The fraction of sp³-hybridized carbons (Fsp3) is 0.286. The highest BCUT2D eigenvalue weighted by Crippen LogP contribution is 2.35. The van der Waals surface area contributed by atoms with Gasteiger partial charge in [0, 0.05) is 17.5 Å². The molecule has 0 atom stereocenters. The number of carbonyl (C=O) groups is 1. The molecule has 1 aromatic heterocycles. The van der Waals surface area contributed by atoms with Crippen molar-refractivity contribution in [2.45, 2.75) is 25.9 Å². The maximum Gasteiger partial charge on any atom is 0.418 e. The Morgan fingerprint density at radius 3 is 2.65 bits per heavy atom. The Bertz CT molecular complexity index is 665. The molecule has 1 aromatic carbocycles. The van der Waals surface area contributed by atoms with Crippen LogP contribution in [0.2, 0.25) is 0 Å². The highest BCUT2D eigenvalue weighted by Gasteiger charge is 2.33. The van der Waals surface area contributed by atoms with Crippen molar-refractivity contribution in [2.24, 2.45) is 0 Å². The second-order valence-corrected chi connectivity index (χ2v) is 4.52. The summed E-state index contributed by atoms with van der Waals surface area (Å²) in [5.74, 6) is -0.986. The molecule has 0 saturated heterocycles. The van der Waals surface area contributed by atoms with Crippen molar-refractivity contribution in [2.75, 3.05) is 0 Å². The van der Waals surface area contributed by atoms with Gasteiger partial charge in [-0.15, -0.1) is 0 Å². The van der Waals surface area contributed by atoms with Crippen molar-refractivity contribution in [1.82, 2.24) is 4.98 Å². The number of aryl methyl sites for hydroxylation is 2. The number of para-hydroxylation sites is 1. The summed E-state index contributed by atoms with van der Waals surface area (Å²) < 4.78 is 38.9. The van der Waals surface area contributed by atoms with Gasteiger partial charge < -0.3 is 5.11 Å². The van der Waals surface area contributed by atoms with Crippen molar-refractivity contribution >= 4 is 16.9 Å². The summed E-state index contributed by atoms with van der Waals surface area (Å²) in [6.45, 7) is 1.59. The molecule has 2 aromatic rings. The number of halogens is 3. The first kappa shape index (κ1) is 14.3. The molecule has 0 radical (unpaired) electrons. The maximum atomic E-state index is 13.0. The summed E-state index contributed by atoms with van der Waals surface area (Å²) in [6.07, 6.45) is -4.43. The smallest absolute Gasteiger partial charge is 0.418 e. The Kier molecular flexibility index (Phi) is 3.65. The first-order valence-electron chi connectivity index (χ1n) is 5.97. The van der Waals surface area contributed by atoms with Crippen LogP contribution in [-0.2, 0) is 17.4 Å². The van der Waals surface area contributed by atoms with Gasteiger partial charge in [0.25, 0.3) is 0 Å². The van der Waals surface area contributed by atoms with E-state index >= 15 is 0 Å². The van der Waals surface area contributed by atoms with Crippen molar-refractivity contribution in [3.63, 3.8) is 0 Å². The minimum Gasteiger partial charge on any atom is -0.481 e. The lowest BCUT2D eigenvalue weighted by Crippen LogP contribution is -2.08. The van der Waals surface area contributed by atoms with Crippen LogP contribution in [0.5, 0.6) is 0 Å². The van der Waals surface area contributed by atoms with E-state index < -0.39 is 17.7 Å². The quantitative estimate of drug-likeness (QED) is 0.936. The molecule has 6 heteroatoms. The van der Waals surface area contributed by atoms with E-state index in [9.17, 15) is 18.0 Å². The van der Waals surface area contributed by atoms with Gasteiger partial charge in [-0.25, -0.2) is 0 Å². The SMILES string of the molecule is Cc1cc(CCC(=O)O)c2cccc(C(F)(F)F)c2n1. The molecule has 1 N–H and O–H groups in total. The van der Waals surface area contributed by atoms with E-state index in [4.69, 9.17) is 5.11 Å². The second-order valence-electron chi connectivity index (χ2n) is 4.52. The third-order valence-electron chi connectivity index (χ3n) is 2.97. The molecule has 0 spiro atoms. The highest BCUT2D eigenvalue weighted by molar-refractivity contribution is 5.86. The zero-order valence-corrected chi connectivity index (χ0v) is 10.7. The van der Waals surface area contributed by atoms with Crippen molar-refractivity contribution in [3.8, 4) is 0 Å². The van der Waals surface area contributed by atoms with E-state index in [1.54, 1.807) is 13.0 Å². The van der Waals surface area contributed by atoms with Crippen LogP contribution >= 0.6 is 0 Å². The van der Waals surface area contributed by atoms with Crippen LogP contribution in [-0.4, -0.2) is 16.1 Å². The number of alkyl halides is 3. The average Bonchev–Trinajstić information content (AvgIpc) is 2.33. The lowest BCUT2D eigenvalue weighted by molar-refractivity contribution is -0.137. The Hall–Kier alpha value is -2.11. The number of carboxylic acid groups (broad SMARTS) is 1.